The predicted molar refractivity (Wildman–Crippen MR) is 88.5 cm³/mol. The minimum Gasteiger partial charge on any atom is -0.359 e. The third-order valence-electron chi connectivity index (χ3n) is 4.41. The Morgan fingerprint density at radius 3 is 2.70 bits per heavy atom. The van der Waals surface area contributed by atoms with E-state index in [0.29, 0.717) is 5.54 Å². The third kappa shape index (κ3) is 3.32. The van der Waals surface area contributed by atoms with E-state index >= 15 is 0 Å². The Balaban J connectivity index is 1.59. The number of thioether (sulfide) groups is 1. The maximum absolute atomic E-state index is 5.90. The van der Waals surface area contributed by atoms with Gasteiger partial charge in [0, 0.05) is 16.3 Å². The minimum atomic E-state index is 0.329. The van der Waals surface area contributed by atoms with Crippen LogP contribution in [0, 0.1) is 5.92 Å². The summed E-state index contributed by atoms with van der Waals surface area (Å²) in [5, 5.41) is 5.60. The predicted octanol–water partition coefficient (Wildman–Crippen LogP) is 4.48. The van der Waals surface area contributed by atoms with E-state index in [-0.39, 0.29) is 0 Å². The molecule has 108 valence electrons. The zero-order valence-electron chi connectivity index (χ0n) is 11.9. The van der Waals surface area contributed by atoms with Crippen LogP contribution in [0.5, 0.6) is 0 Å². The summed E-state index contributed by atoms with van der Waals surface area (Å²) in [6.07, 6.45) is 5.28. The van der Waals surface area contributed by atoms with Crippen molar-refractivity contribution in [3.05, 3.63) is 34.9 Å². The SMILES string of the molecule is CC1CCC2(CC1)CSC(=NCc1ccc(Cl)cc1)N2. The molecule has 3 rings (SSSR count). The standard InChI is InChI=1S/C16H21ClN2S/c1-12-6-8-16(9-7-12)11-20-15(19-16)18-10-13-2-4-14(17)5-3-13/h2-5,12H,6-11H2,1H3,(H,18,19). The van der Waals surface area contributed by atoms with E-state index in [9.17, 15) is 0 Å². The van der Waals surface area contributed by atoms with Crippen LogP contribution in [0.3, 0.4) is 0 Å². The lowest BCUT2D eigenvalue weighted by atomic mass is 9.78. The van der Waals surface area contributed by atoms with E-state index < -0.39 is 0 Å². The lowest BCUT2D eigenvalue weighted by Gasteiger charge is -2.35. The number of nitrogens with one attached hydrogen (secondary N) is 1. The van der Waals surface area contributed by atoms with Crippen molar-refractivity contribution in [2.24, 2.45) is 10.9 Å². The van der Waals surface area contributed by atoms with E-state index in [0.717, 1.165) is 22.7 Å². The monoisotopic (exact) mass is 308 g/mol. The van der Waals surface area contributed by atoms with Gasteiger partial charge in [0.15, 0.2) is 5.17 Å². The fraction of sp³-hybridized carbons (Fsp3) is 0.562. The van der Waals surface area contributed by atoms with Crippen LogP contribution in [0.25, 0.3) is 0 Å². The topological polar surface area (TPSA) is 24.4 Å². The molecule has 1 spiro atoms. The number of hydrogen-bond acceptors (Lipinski definition) is 2. The molecule has 2 nitrogen and oxygen atoms in total. The smallest absolute Gasteiger partial charge is 0.157 e. The molecule has 1 aliphatic carbocycles. The van der Waals surface area contributed by atoms with Gasteiger partial charge in [-0.05, 0) is 49.3 Å². The van der Waals surface area contributed by atoms with Crippen molar-refractivity contribution in [3.8, 4) is 0 Å². The second-order valence-corrected chi connectivity index (χ2v) is 7.52. The van der Waals surface area contributed by atoms with Crippen molar-refractivity contribution in [1.29, 1.82) is 0 Å². The molecule has 0 unspecified atom stereocenters. The molecule has 4 heteroatoms. The largest absolute Gasteiger partial charge is 0.359 e. The molecule has 20 heavy (non-hydrogen) atoms. The van der Waals surface area contributed by atoms with Crippen LogP contribution >= 0.6 is 23.4 Å². The van der Waals surface area contributed by atoms with Gasteiger partial charge >= 0.3 is 0 Å². The second kappa shape index (κ2) is 5.98. The van der Waals surface area contributed by atoms with E-state index in [1.165, 1.54) is 37.0 Å². The summed E-state index contributed by atoms with van der Waals surface area (Å²) in [5.41, 5.74) is 1.54. The quantitative estimate of drug-likeness (QED) is 0.871. The summed E-state index contributed by atoms with van der Waals surface area (Å²) >= 11 is 7.78. The van der Waals surface area contributed by atoms with Crippen LogP contribution in [0.1, 0.15) is 38.2 Å². The number of aliphatic imine (C=N–C) groups is 1. The lowest BCUT2D eigenvalue weighted by molar-refractivity contribution is 0.251. The lowest BCUT2D eigenvalue weighted by Crippen LogP contribution is -2.46. The highest BCUT2D eigenvalue weighted by Crippen LogP contribution is 2.38. The fourth-order valence-electron chi connectivity index (χ4n) is 2.93. The second-order valence-electron chi connectivity index (χ2n) is 6.12. The molecule has 2 fully saturated rings. The zero-order valence-corrected chi connectivity index (χ0v) is 13.4. The molecule has 1 N–H and O–H groups in total. The zero-order chi connectivity index (χ0) is 14.0. The molecule has 1 aromatic carbocycles. The van der Waals surface area contributed by atoms with Gasteiger partial charge in [-0.1, -0.05) is 42.4 Å². The maximum atomic E-state index is 5.90. The van der Waals surface area contributed by atoms with Crippen molar-refractivity contribution in [1.82, 2.24) is 5.32 Å². The van der Waals surface area contributed by atoms with Crippen LogP contribution < -0.4 is 5.32 Å². The van der Waals surface area contributed by atoms with Crippen molar-refractivity contribution < 1.29 is 0 Å². The highest BCUT2D eigenvalue weighted by atomic mass is 35.5. The minimum absolute atomic E-state index is 0.329. The first-order chi connectivity index (χ1) is 9.65. The molecule has 0 aromatic heterocycles. The highest BCUT2D eigenvalue weighted by molar-refractivity contribution is 8.14. The average molecular weight is 309 g/mol. The van der Waals surface area contributed by atoms with Gasteiger partial charge in [-0.2, -0.15) is 0 Å². The summed E-state index contributed by atoms with van der Waals surface area (Å²) in [7, 11) is 0. The fourth-order valence-corrected chi connectivity index (χ4v) is 4.27. The molecule has 2 aliphatic rings. The van der Waals surface area contributed by atoms with Crippen molar-refractivity contribution in [3.63, 3.8) is 0 Å². The Morgan fingerprint density at radius 1 is 1.30 bits per heavy atom. The highest BCUT2D eigenvalue weighted by Gasteiger charge is 2.39. The van der Waals surface area contributed by atoms with Crippen LogP contribution in [0.15, 0.2) is 29.3 Å². The third-order valence-corrected chi connectivity index (χ3v) is 5.86. The number of nitrogens with zero attached hydrogens (tertiary/aromatic N) is 1. The average Bonchev–Trinajstić information content (AvgIpc) is 2.85. The van der Waals surface area contributed by atoms with Crippen molar-refractivity contribution >= 4 is 28.5 Å². The number of rotatable bonds is 2. The van der Waals surface area contributed by atoms with Gasteiger partial charge in [-0.3, -0.25) is 4.99 Å². The number of amidine groups is 1. The molecular weight excluding hydrogens is 288 g/mol. The van der Waals surface area contributed by atoms with E-state index in [1.807, 2.05) is 36.0 Å². The van der Waals surface area contributed by atoms with Gasteiger partial charge in [0.2, 0.25) is 0 Å². The number of benzene rings is 1. The number of hydrogen-bond donors (Lipinski definition) is 1. The Bertz CT molecular complexity index is 490. The molecular formula is C16H21ClN2S. The van der Waals surface area contributed by atoms with E-state index in [1.54, 1.807) is 0 Å². The summed E-state index contributed by atoms with van der Waals surface area (Å²) in [5.74, 6) is 2.07. The molecule has 0 bridgehead atoms. The van der Waals surface area contributed by atoms with Gasteiger partial charge in [0.05, 0.1) is 6.54 Å². The van der Waals surface area contributed by atoms with Crippen LogP contribution in [-0.2, 0) is 6.54 Å². The molecule has 0 radical (unpaired) electrons. The normalized spacial score (nSPS) is 31.7. The van der Waals surface area contributed by atoms with Gasteiger partial charge in [-0.25, -0.2) is 0 Å². The molecule has 1 saturated heterocycles. The first-order valence-corrected chi connectivity index (χ1v) is 8.71. The van der Waals surface area contributed by atoms with Gasteiger partial charge in [0.25, 0.3) is 0 Å². The molecule has 1 aliphatic heterocycles. The maximum Gasteiger partial charge on any atom is 0.157 e. The van der Waals surface area contributed by atoms with E-state index in [4.69, 9.17) is 16.6 Å². The summed E-state index contributed by atoms with van der Waals surface area (Å²) in [6, 6.07) is 7.95. The molecule has 0 atom stereocenters. The van der Waals surface area contributed by atoms with Crippen molar-refractivity contribution in [2.75, 3.05) is 5.75 Å². The van der Waals surface area contributed by atoms with E-state index in [2.05, 4.69) is 12.2 Å². The molecule has 1 heterocycles. The van der Waals surface area contributed by atoms with Crippen LogP contribution in [-0.4, -0.2) is 16.5 Å². The van der Waals surface area contributed by atoms with Gasteiger partial charge in [0.1, 0.15) is 0 Å². The van der Waals surface area contributed by atoms with Crippen molar-refractivity contribution in [2.45, 2.75) is 44.7 Å². The first-order valence-electron chi connectivity index (χ1n) is 7.35. The molecule has 1 saturated carbocycles. The van der Waals surface area contributed by atoms with Gasteiger partial charge in [-0.15, -0.1) is 0 Å². The van der Waals surface area contributed by atoms with Crippen LogP contribution in [0.2, 0.25) is 5.02 Å². The summed E-state index contributed by atoms with van der Waals surface area (Å²) in [6.45, 7) is 3.10. The summed E-state index contributed by atoms with van der Waals surface area (Å²) < 4.78 is 0. The molecule has 0 amide bonds. The van der Waals surface area contributed by atoms with Gasteiger partial charge < -0.3 is 5.32 Å². The Hall–Kier alpha value is -0.670. The Kier molecular flexibility index (Phi) is 4.27. The molecule has 1 aromatic rings. The Labute approximate surface area is 130 Å². The number of halogens is 1. The van der Waals surface area contributed by atoms with Crippen LogP contribution in [0.4, 0.5) is 0 Å². The Morgan fingerprint density at radius 2 is 2.00 bits per heavy atom. The first kappa shape index (κ1) is 14.3. The summed E-state index contributed by atoms with van der Waals surface area (Å²) in [4.78, 5) is 4.72.